The molecule has 1 aliphatic rings. The Morgan fingerprint density at radius 1 is 1.13 bits per heavy atom. The summed E-state index contributed by atoms with van der Waals surface area (Å²) in [5.74, 6) is 0.122. The van der Waals surface area contributed by atoms with Gasteiger partial charge in [-0.2, -0.15) is 5.10 Å². The number of carbonyl (C=O) groups excluding carboxylic acids is 1. The molecule has 5 nitrogen and oxygen atoms in total. The van der Waals surface area contributed by atoms with E-state index in [4.69, 9.17) is 0 Å². The molecule has 5 heteroatoms. The number of hydrogen-bond donors (Lipinski definition) is 0. The van der Waals surface area contributed by atoms with E-state index >= 15 is 0 Å². The summed E-state index contributed by atoms with van der Waals surface area (Å²) in [5, 5.41) is 5.58. The Balaban J connectivity index is 2.17. The van der Waals surface area contributed by atoms with Crippen LogP contribution in [0.1, 0.15) is 61.8 Å². The van der Waals surface area contributed by atoms with Crippen molar-refractivity contribution in [3.8, 4) is 0 Å². The van der Waals surface area contributed by atoms with Crippen LogP contribution < -0.4 is 0 Å². The van der Waals surface area contributed by atoms with Gasteiger partial charge in [-0.3, -0.25) is 4.79 Å². The van der Waals surface area contributed by atoms with E-state index in [1.165, 1.54) is 6.42 Å². The van der Waals surface area contributed by atoms with Crippen molar-refractivity contribution in [2.24, 2.45) is 0 Å². The number of aryl methyl sites for hydroxylation is 2. The smallest absolute Gasteiger partial charge is 0.254 e. The van der Waals surface area contributed by atoms with E-state index in [2.05, 4.69) is 30.9 Å². The van der Waals surface area contributed by atoms with Gasteiger partial charge in [0.2, 0.25) is 0 Å². The number of rotatable bonds is 1. The van der Waals surface area contributed by atoms with Crippen LogP contribution in [0.25, 0.3) is 11.0 Å². The lowest BCUT2D eigenvalue weighted by Crippen LogP contribution is -2.35. The Bertz CT molecular complexity index is 748. The van der Waals surface area contributed by atoms with Crippen molar-refractivity contribution >= 4 is 16.9 Å². The molecule has 1 saturated heterocycles. The molecule has 0 N–H and O–H groups in total. The first kappa shape index (κ1) is 16.0. The number of carbonyl (C=O) groups is 1. The van der Waals surface area contributed by atoms with Gasteiger partial charge in [0.05, 0.1) is 22.2 Å². The normalized spacial score (nSPS) is 16.1. The maximum atomic E-state index is 13.0. The van der Waals surface area contributed by atoms with Gasteiger partial charge in [-0.25, -0.2) is 9.67 Å². The van der Waals surface area contributed by atoms with Crippen LogP contribution in [0.2, 0.25) is 0 Å². The predicted octanol–water partition coefficient (Wildman–Crippen LogP) is 3.43. The molecule has 2 aromatic rings. The summed E-state index contributed by atoms with van der Waals surface area (Å²) in [5.41, 5.74) is 3.14. The van der Waals surface area contributed by atoms with Crippen LogP contribution in [0.15, 0.2) is 6.07 Å². The van der Waals surface area contributed by atoms with Crippen LogP contribution >= 0.6 is 0 Å². The van der Waals surface area contributed by atoms with E-state index in [0.717, 1.165) is 53.9 Å². The van der Waals surface area contributed by atoms with Crippen molar-refractivity contribution in [2.75, 3.05) is 13.1 Å². The van der Waals surface area contributed by atoms with Gasteiger partial charge in [0.25, 0.3) is 5.91 Å². The zero-order valence-electron chi connectivity index (χ0n) is 14.8. The number of hydrogen-bond acceptors (Lipinski definition) is 3. The molecule has 0 saturated carbocycles. The number of nitrogens with zero attached hydrogens (tertiary/aromatic N) is 4. The van der Waals surface area contributed by atoms with Crippen LogP contribution in [0.3, 0.4) is 0 Å². The largest absolute Gasteiger partial charge is 0.339 e. The maximum absolute atomic E-state index is 13.0. The lowest BCUT2D eigenvalue weighted by Gasteiger charge is -2.27. The number of piperidine rings is 1. The zero-order valence-corrected chi connectivity index (χ0v) is 14.8. The number of pyridine rings is 1. The van der Waals surface area contributed by atoms with Gasteiger partial charge in [0.15, 0.2) is 5.65 Å². The molecule has 1 amide bonds. The Morgan fingerprint density at radius 2 is 1.78 bits per heavy atom. The topological polar surface area (TPSA) is 51.0 Å². The average molecular weight is 314 g/mol. The molecule has 0 atom stereocenters. The first-order valence-electron chi connectivity index (χ1n) is 8.46. The third-order valence-corrected chi connectivity index (χ3v) is 4.45. The Kier molecular flexibility index (Phi) is 3.90. The first-order valence-corrected chi connectivity index (χ1v) is 8.46. The summed E-state index contributed by atoms with van der Waals surface area (Å²) in [4.78, 5) is 19.7. The van der Waals surface area contributed by atoms with Crippen molar-refractivity contribution in [1.29, 1.82) is 0 Å². The molecule has 1 aliphatic heterocycles. The summed E-state index contributed by atoms with van der Waals surface area (Å²) in [6.45, 7) is 11.9. The van der Waals surface area contributed by atoms with Crippen LogP contribution in [0, 0.1) is 13.8 Å². The average Bonchev–Trinajstić information content (AvgIpc) is 2.83. The van der Waals surface area contributed by atoms with E-state index in [9.17, 15) is 4.79 Å². The fourth-order valence-electron chi connectivity index (χ4n) is 3.32. The van der Waals surface area contributed by atoms with Gasteiger partial charge in [-0.05, 0) is 59.9 Å². The number of fused-ring (bicyclic) bond motifs is 1. The zero-order chi connectivity index (χ0) is 16.8. The van der Waals surface area contributed by atoms with Gasteiger partial charge in [0, 0.05) is 18.8 Å². The quantitative estimate of drug-likeness (QED) is 0.810. The maximum Gasteiger partial charge on any atom is 0.254 e. The van der Waals surface area contributed by atoms with Crippen molar-refractivity contribution in [2.45, 2.75) is 59.4 Å². The second-order valence-corrected chi connectivity index (χ2v) is 7.53. The molecular weight excluding hydrogens is 288 g/mol. The summed E-state index contributed by atoms with van der Waals surface area (Å²) < 4.78 is 1.94. The van der Waals surface area contributed by atoms with E-state index in [0.29, 0.717) is 0 Å². The molecule has 1 fully saturated rings. The van der Waals surface area contributed by atoms with E-state index in [-0.39, 0.29) is 11.4 Å². The predicted molar refractivity (Wildman–Crippen MR) is 91.8 cm³/mol. The van der Waals surface area contributed by atoms with Gasteiger partial charge in [-0.15, -0.1) is 0 Å². The van der Waals surface area contributed by atoms with Gasteiger partial charge in [0.1, 0.15) is 0 Å². The SMILES string of the molecule is Cc1cc(C(=O)N2CCCCC2)c2c(C)nn(C(C)(C)C)c2n1. The molecule has 0 radical (unpaired) electrons. The molecule has 0 spiro atoms. The molecule has 23 heavy (non-hydrogen) atoms. The standard InChI is InChI=1S/C18H26N4O/c1-12-11-14(17(23)21-9-7-6-8-10-21)15-13(2)20-22(16(15)19-12)18(3,4)5/h11H,6-10H2,1-5H3. The van der Waals surface area contributed by atoms with Crippen molar-refractivity contribution < 1.29 is 4.79 Å². The van der Waals surface area contributed by atoms with Crippen molar-refractivity contribution in [1.82, 2.24) is 19.7 Å². The van der Waals surface area contributed by atoms with E-state index in [1.54, 1.807) is 0 Å². The third kappa shape index (κ3) is 2.84. The van der Waals surface area contributed by atoms with E-state index < -0.39 is 0 Å². The molecular formula is C18H26N4O. The Labute approximate surface area is 137 Å². The summed E-state index contributed by atoms with van der Waals surface area (Å²) >= 11 is 0. The number of aromatic nitrogens is 3. The molecule has 124 valence electrons. The monoisotopic (exact) mass is 314 g/mol. The Morgan fingerprint density at radius 3 is 2.39 bits per heavy atom. The molecule has 3 heterocycles. The molecule has 0 bridgehead atoms. The highest BCUT2D eigenvalue weighted by atomic mass is 16.2. The van der Waals surface area contributed by atoms with Crippen molar-refractivity contribution in [3.05, 3.63) is 23.0 Å². The van der Waals surface area contributed by atoms with Crippen LogP contribution in [-0.4, -0.2) is 38.7 Å². The molecule has 0 unspecified atom stereocenters. The van der Waals surface area contributed by atoms with Crippen molar-refractivity contribution in [3.63, 3.8) is 0 Å². The van der Waals surface area contributed by atoms with Gasteiger partial charge in [-0.1, -0.05) is 0 Å². The van der Waals surface area contributed by atoms with Crippen LogP contribution in [0.5, 0.6) is 0 Å². The summed E-state index contributed by atoms with van der Waals surface area (Å²) in [7, 11) is 0. The highest BCUT2D eigenvalue weighted by molar-refractivity contribution is 6.06. The minimum absolute atomic E-state index is 0.122. The molecule has 2 aromatic heterocycles. The Hall–Kier alpha value is -1.91. The lowest BCUT2D eigenvalue weighted by atomic mass is 10.1. The van der Waals surface area contributed by atoms with E-state index in [1.807, 2.05) is 29.5 Å². The second-order valence-electron chi connectivity index (χ2n) is 7.53. The lowest BCUT2D eigenvalue weighted by molar-refractivity contribution is 0.0726. The van der Waals surface area contributed by atoms with Crippen LogP contribution in [-0.2, 0) is 5.54 Å². The number of likely N-dealkylation sites (tertiary alicyclic amines) is 1. The minimum Gasteiger partial charge on any atom is -0.339 e. The highest BCUT2D eigenvalue weighted by Gasteiger charge is 2.26. The minimum atomic E-state index is -0.168. The number of amides is 1. The second kappa shape index (κ2) is 5.62. The van der Waals surface area contributed by atoms with Crippen LogP contribution in [0.4, 0.5) is 0 Å². The van der Waals surface area contributed by atoms with Gasteiger partial charge < -0.3 is 4.90 Å². The molecule has 0 aromatic carbocycles. The fraction of sp³-hybridized carbons (Fsp3) is 0.611. The fourth-order valence-corrected chi connectivity index (χ4v) is 3.32. The highest BCUT2D eigenvalue weighted by Crippen LogP contribution is 2.28. The van der Waals surface area contributed by atoms with Gasteiger partial charge >= 0.3 is 0 Å². The first-order chi connectivity index (χ1) is 10.8. The third-order valence-electron chi connectivity index (χ3n) is 4.45. The molecule has 3 rings (SSSR count). The molecule has 0 aliphatic carbocycles. The summed E-state index contributed by atoms with van der Waals surface area (Å²) in [6, 6.07) is 1.92. The summed E-state index contributed by atoms with van der Waals surface area (Å²) in [6.07, 6.45) is 3.41.